The number of carbonyl (C=O) groups excluding carboxylic acids is 1. The van der Waals surface area contributed by atoms with E-state index in [0.29, 0.717) is 10.7 Å². The highest BCUT2D eigenvalue weighted by Crippen LogP contribution is 2.39. The summed E-state index contributed by atoms with van der Waals surface area (Å²) in [7, 11) is 1.64. The van der Waals surface area contributed by atoms with E-state index in [-0.39, 0.29) is 17.2 Å². The summed E-state index contributed by atoms with van der Waals surface area (Å²) in [5.74, 6) is 0.679. The summed E-state index contributed by atoms with van der Waals surface area (Å²) in [6.07, 6.45) is 0. The van der Waals surface area contributed by atoms with E-state index in [2.05, 4.69) is 10.7 Å². The van der Waals surface area contributed by atoms with Crippen LogP contribution in [0.15, 0.2) is 65.7 Å². The second kappa shape index (κ2) is 7.81. The number of hydrogen-bond donors (Lipinski definition) is 2. The Bertz CT molecular complexity index is 1000. The molecule has 0 radical (unpaired) electrons. The molecule has 28 heavy (non-hydrogen) atoms. The molecule has 2 atom stereocenters. The SMILES string of the molecule is COc1ccc([C@@H]2Nn3c(C)ccc3S[C@@H]2C(=O)Nc2ccccc2Cl)cc1. The van der Waals surface area contributed by atoms with Gasteiger partial charge in [0.05, 0.1) is 28.9 Å². The molecule has 5 nitrogen and oxygen atoms in total. The molecule has 0 fully saturated rings. The van der Waals surface area contributed by atoms with Crippen molar-refractivity contribution in [2.45, 2.75) is 23.2 Å². The first-order valence-corrected chi connectivity index (χ1v) is 10.1. The van der Waals surface area contributed by atoms with Gasteiger partial charge in [-0.15, -0.1) is 0 Å². The average Bonchev–Trinajstić information content (AvgIpc) is 3.09. The lowest BCUT2D eigenvalue weighted by molar-refractivity contribution is -0.116. The van der Waals surface area contributed by atoms with E-state index in [1.807, 2.05) is 60.1 Å². The molecule has 0 spiro atoms. The van der Waals surface area contributed by atoms with E-state index in [9.17, 15) is 4.79 Å². The molecule has 4 rings (SSSR count). The third kappa shape index (κ3) is 3.57. The van der Waals surface area contributed by atoms with Crippen molar-refractivity contribution in [3.05, 3.63) is 76.9 Å². The van der Waals surface area contributed by atoms with Gasteiger partial charge in [0.15, 0.2) is 0 Å². The number of benzene rings is 2. The van der Waals surface area contributed by atoms with Crippen LogP contribution in [0.3, 0.4) is 0 Å². The predicted octanol–water partition coefficient (Wildman–Crippen LogP) is 4.86. The Labute approximate surface area is 173 Å². The maximum atomic E-state index is 13.2. The van der Waals surface area contributed by atoms with Crippen molar-refractivity contribution in [1.82, 2.24) is 4.68 Å². The molecule has 1 aliphatic rings. The largest absolute Gasteiger partial charge is 0.497 e. The minimum atomic E-state index is -0.369. The zero-order valence-corrected chi connectivity index (χ0v) is 17.1. The molecular weight excluding hydrogens is 394 g/mol. The maximum Gasteiger partial charge on any atom is 0.240 e. The third-order valence-electron chi connectivity index (χ3n) is 4.72. The smallest absolute Gasteiger partial charge is 0.240 e. The van der Waals surface area contributed by atoms with Gasteiger partial charge < -0.3 is 15.5 Å². The molecule has 0 bridgehead atoms. The Kier molecular flexibility index (Phi) is 5.24. The molecule has 0 saturated carbocycles. The van der Waals surface area contributed by atoms with E-state index in [0.717, 1.165) is 22.0 Å². The summed E-state index contributed by atoms with van der Waals surface area (Å²) in [6.45, 7) is 2.03. The standard InChI is InChI=1S/C21H20ClN3O2S/c1-13-7-12-18-25(13)24-19(14-8-10-15(27-2)11-9-14)20(28-18)21(26)23-17-6-4-3-5-16(17)22/h3-12,19-20,24H,1-2H3,(H,23,26)/t19-,20-/m0/s1. The van der Waals surface area contributed by atoms with E-state index in [4.69, 9.17) is 16.3 Å². The highest BCUT2D eigenvalue weighted by atomic mass is 35.5. The van der Waals surface area contributed by atoms with Crippen LogP contribution in [0.5, 0.6) is 5.75 Å². The Morgan fingerprint density at radius 2 is 1.89 bits per heavy atom. The van der Waals surface area contributed by atoms with Crippen LogP contribution in [-0.2, 0) is 4.79 Å². The van der Waals surface area contributed by atoms with Crippen LogP contribution in [0, 0.1) is 6.92 Å². The van der Waals surface area contributed by atoms with Crippen LogP contribution in [0.4, 0.5) is 5.69 Å². The third-order valence-corrected chi connectivity index (χ3v) is 6.35. The van der Waals surface area contributed by atoms with Gasteiger partial charge in [-0.1, -0.05) is 47.6 Å². The van der Waals surface area contributed by atoms with E-state index < -0.39 is 0 Å². The van der Waals surface area contributed by atoms with Gasteiger partial charge >= 0.3 is 0 Å². The predicted molar refractivity (Wildman–Crippen MR) is 114 cm³/mol. The fourth-order valence-electron chi connectivity index (χ4n) is 3.21. The number of halogens is 1. The van der Waals surface area contributed by atoms with Gasteiger partial charge in [0.25, 0.3) is 0 Å². The normalized spacial score (nSPS) is 18.1. The second-order valence-electron chi connectivity index (χ2n) is 6.54. The highest BCUT2D eigenvalue weighted by molar-refractivity contribution is 8.00. The molecule has 2 aromatic carbocycles. The number of ether oxygens (including phenoxy) is 1. The first-order chi connectivity index (χ1) is 13.6. The van der Waals surface area contributed by atoms with Gasteiger partial charge in [-0.3, -0.25) is 9.47 Å². The zero-order valence-electron chi connectivity index (χ0n) is 15.5. The van der Waals surface area contributed by atoms with Crippen LogP contribution in [0.2, 0.25) is 5.02 Å². The molecule has 0 unspecified atom stereocenters. The number of nitrogens with zero attached hydrogens (tertiary/aromatic N) is 1. The molecule has 0 saturated heterocycles. The lowest BCUT2D eigenvalue weighted by atomic mass is 10.0. The van der Waals surface area contributed by atoms with Gasteiger partial charge in [-0.05, 0) is 48.9 Å². The number of hydrogen-bond acceptors (Lipinski definition) is 4. The zero-order chi connectivity index (χ0) is 19.7. The van der Waals surface area contributed by atoms with Crippen molar-refractivity contribution in [3.63, 3.8) is 0 Å². The van der Waals surface area contributed by atoms with Crippen molar-refractivity contribution < 1.29 is 9.53 Å². The van der Waals surface area contributed by atoms with Crippen LogP contribution < -0.4 is 15.5 Å². The van der Waals surface area contributed by atoms with Crippen molar-refractivity contribution in [1.29, 1.82) is 0 Å². The number of amides is 1. The monoisotopic (exact) mass is 413 g/mol. The number of carbonyl (C=O) groups is 1. The minimum Gasteiger partial charge on any atom is -0.497 e. The minimum absolute atomic E-state index is 0.100. The molecule has 2 heterocycles. The maximum absolute atomic E-state index is 13.2. The Morgan fingerprint density at radius 1 is 1.14 bits per heavy atom. The van der Waals surface area contributed by atoms with Crippen LogP contribution in [-0.4, -0.2) is 22.9 Å². The lowest BCUT2D eigenvalue weighted by Crippen LogP contribution is -2.41. The summed E-state index contributed by atoms with van der Waals surface area (Å²) >= 11 is 7.76. The summed E-state index contributed by atoms with van der Waals surface area (Å²) in [4.78, 5) is 13.2. The molecule has 144 valence electrons. The molecule has 1 aliphatic heterocycles. The molecular formula is C21H20ClN3O2S. The van der Waals surface area contributed by atoms with Gasteiger partial charge in [0.1, 0.15) is 11.0 Å². The Hall–Kier alpha value is -2.57. The van der Waals surface area contributed by atoms with E-state index in [1.54, 1.807) is 19.2 Å². The van der Waals surface area contributed by atoms with Crippen molar-refractivity contribution in [2.75, 3.05) is 17.9 Å². The number of rotatable bonds is 4. The van der Waals surface area contributed by atoms with Gasteiger partial charge in [-0.25, -0.2) is 0 Å². The number of nitrogens with one attached hydrogen (secondary N) is 2. The number of thioether (sulfide) groups is 1. The number of fused-ring (bicyclic) bond motifs is 1. The van der Waals surface area contributed by atoms with Crippen LogP contribution in [0.1, 0.15) is 17.3 Å². The molecule has 3 aromatic rings. The molecule has 1 amide bonds. The first-order valence-electron chi connectivity index (χ1n) is 8.87. The fraction of sp³-hybridized carbons (Fsp3) is 0.190. The Morgan fingerprint density at radius 3 is 2.61 bits per heavy atom. The average molecular weight is 414 g/mol. The second-order valence-corrected chi connectivity index (χ2v) is 8.10. The molecule has 7 heteroatoms. The first kappa shape index (κ1) is 18.8. The summed E-state index contributed by atoms with van der Waals surface area (Å²) < 4.78 is 7.29. The van der Waals surface area contributed by atoms with Crippen molar-refractivity contribution in [3.8, 4) is 5.75 Å². The van der Waals surface area contributed by atoms with Gasteiger partial charge in [0.2, 0.25) is 5.91 Å². The molecule has 2 N–H and O–H groups in total. The summed E-state index contributed by atoms with van der Waals surface area (Å²) in [5, 5.41) is 4.12. The highest BCUT2D eigenvalue weighted by Gasteiger charge is 2.36. The number of para-hydroxylation sites is 1. The number of methoxy groups -OCH3 is 1. The van der Waals surface area contributed by atoms with Crippen LogP contribution >= 0.6 is 23.4 Å². The van der Waals surface area contributed by atoms with Crippen molar-refractivity contribution >= 4 is 35.0 Å². The summed E-state index contributed by atoms with van der Waals surface area (Å²) in [5.41, 5.74) is 6.20. The number of aryl methyl sites for hydroxylation is 1. The lowest BCUT2D eigenvalue weighted by Gasteiger charge is -2.34. The van der Waals surface area contributed by atoms with Crippen molar-refractivity contribution in [2.24, 2.45) is 0 Å². The summed E-state index contributed by atoms with van der Waals surface area (Å²) in [6, 6.07) is 18.9. The van der Waals surface area contributed by atoms with E-state index >= 15 is 0 Å². The fourth-order valence-corrected chi connectivity index (χ4v) is 4.62. The molecule has 0 aliphatic carbocycles. The number of anilines is 1. The molecule has 1 aromatic heterocycles. The quantitative estimate of drug-likeness (QED) is 0.641. The number of aromatic nitrogens is 1. The van der Waals surface area contributed by atoms with Gasteiger partial charge in [0, 0.05) is 5.69 Å². The van der Waals surface area contributed by atoms with E-state index in [1.165, 1.54) is 11.8 Å². The topological polar surface area (TPSA) is 55.3 Å². The van der Waals surface area contributed by atoms with Crippen LogP contribution in [0.25, 0.3) is 0 Å². The van der Waals surface area contributed by atoms with Gasteiger partial charge in [-0.2, -0.15) is 0 Å². The Balaban J connectivity index is 1.67.